The lowest BCUT2D eigenvalue weighted by Crippen LogP contribution is -1.94. The first-order chi connectivity index (χ1) is 6.72. The molecule has 0 N–H and O–H groups in total. The Hall–Kier alpha value is -1.62. The summed E-state index contributed by atoms with van der Waals surface area (Å²) in [5.41, 5.74) is 0.721. The highest BCUT2D eigenvalue weighted by molar-refractivity contribution is 6.15. The third-order valence-electron chi connectivity index (χ3n) is 1.95. The van der Waals surface area contributed by atoms with E-state index in [2.05, 4.69) is 5.10 Å². The Morgan fingerprint density at radius 3 is 3.00 bits per heavy atom. The van der Waals surface area contributed by atoms with E-state index in [0.29, 0.717) is 5.52 Å². The van der Waals surface area contributed by atoms with Crippen LogP contribution in [0.2, 0.25) is 0 Å². The van der Waals surface area contributed by atoms with E-state index in [1.54, 1.807) is 12.3 Å². The summed E-state index contributed by atoms with van der Waals surface area (Å²) in [5.74, 6) is 0. The summed E-state index contributed by atoms with van der Waals surface area (Å²) < 4.78 is 1.50. The molecule has 0 fully saturated rings. The van der Waals surface area contributed by atoms with Gasteiger partial charge in [0, 0.05) is 17.5 Å². The number of alkyl halides is 1. The van der Waals surface area contributed by atoms with Gasteiger partial charge in [-0.3, -0.25) is 10.1 Å². The number of halogens is 1. The first kappa shape index (κ1) is 8.96. The van der Waals surface area contributed by atoms with Crippen LogP contribution in [0, 0.1) is 10.1 Å². The smallest absolute Gasteiger partial charge is 0.258 e. The van der Waals surface area contributed by atoms with Gasteiger partial charge in [-0.25, -0.2) is 4.68 Å². The second-order valence-corrected chi connectivity index (χ2v) is 3.00. The van der Waals surface area contributed by atoms with E-state index in [0.717, 1.165) is 5.39 Å². The van der Waals surface area contributed by atoms with E-state index < -0.39 is 4.92 Å². The first-order valence-corrected chi connectivity index (χ1v) is 4.42. The van der Waals surface area contributed by atoms with Crippen molar-refractivity contribution in [3.05, 3.63) is 34.5 Å². The van der Waals surface area contributed by atoms with Crippen LogP contribution in [-0.2, 0) is 6.00 Å². The van der Waals surface area contributed by atoms with E-state index in [1.165, 1.54) is 16.8 Å². The molecule has 72 valence electrons. The minimum Gasteiger partial charge on any atom is -0.258 e. The van der Waals surface area contributed by atoms with Crippen molar-refractivity contribution >= 4 is 28.2 Å². The van der Waals surface area contributed by atoms with Crippen LogP contribution in [0.4, 0.5) is 5.69 Å². The molecular weight excluding hydrogens is 206 g/mol. The lowest BCUT2D eigenvalue weighted by Gasteiger charge is -1.96. The number of fused-ring (bicyclic) bond motifs is 1. The number of nitro groups is 1. The molecule has 1 aromatic heterocycles. The van der Waals surface area contributed by atoms with Crippen molar-refractivity contribution in [2.45, 2.75) is 6.00 Å². The molecule has 0 radical (unpaired) electrons. The molecule has 0 unspecified atom stereocenters. The van der Waals surface area contributed by atoms with E-state index in [4.69, 9.17) is 11.6 Å². The van der Waals surface area contributed by atoms with Crippen LogP contribution in [0.25, 0.3) is 10.9 Å². The van der Waals surface area contributed by atoms with Gasteiger partial charge in [-0.2, -0.15) is 5.10 Å². The van der Waals surface area contributed by atoms with Gasteiger partial charge in [0.1, 0.15) is 6.00 Å². The quantitative estimate of drug-likeness (QED) is 0.434. The van der Waals surface area contributed by atoms with Gasteiger partial charge in [0.2, 0.25) is 0 Å². The van der Waals surface area contributed by atoms with Gasteiger partial charge in [0.15, 0.2) is 0 Å². The van der Waals surface area contributed by atoms with Gasteiger partial charge < -0.3 is 0 Å². The molecule has 0 atom stereocenters. The summed E-state index contributed by atoms with van der Waals surface area (Å²) in [4.78, 5) is 10.1. The van der Waals surface area contributed by atoms with Crippen molar-refractivity contribution in [1.82, 2.24) is 9.78 Å². The highest BCUT2D eigenvalue weighted by Gasteiger charge is 2.09. The minimum atomic E-state index is -0.439. The first-order valence-electron chi connectivity index (χ1n) is 3.88. The molecule has 0 saturated carbocycles. The Morgan fingerprint density at radius 1 is 1.57 bits per heavy atom. The molecule has 14 heavy (non-hydrogen) atoms. The van der Waals surface area contributed by atoms with E-state index >= 15 is 0 Å². The van der Waals surface area contributed by atoms with Gasteiger partial charge in [0.05, 0.1) is 16.6 Å². The average molecular weight is 212 g/mol. The lowest BCUT2D eigenvalue weighted by atomic mass is 10.2. The molecule has 1 aromatic carbocycles. The second kappa shape index (κ2) is 3.26. The predicted molar refractivity (Wildman–Crippen MR) is 52.2 cm³/mol. The van der Waals surface area contributed by atoms with Crippen molar-refractivity contribution in [2.24, 2.45) is 0 Å². The molecule has 6 heteroatoms. The number of rotatable bonds is 2. The van der Waals surface area contributed by atoms with Crippen molar-refractivity contribution in [1.29, 1.82) is 0 Å². The number of nitro benzene ring substituents is 1. The number of aromatic nitrogens is 2. The molecule has 0 amide bonds. The fourth-order valence-corrected chi connectivity index (χ4v) is 1.46. The van der Waals surface area contributed by atoms with Crippen LogP contribution in [-0.4, -0.2) is 14.7 Å². The minimum absolute atomic E-state index is 0.0457. The summed E-state index contributed by atoms with van der Waals surface area (Å²) >= 11 is 5.61. The molecule has 0 spiro atoms. The summed E-state index contributed by atoms with van der Waals surface area (Å²) in [6, 6.07) is 4.75. The lowest BCUT2D eigenvalue weighted by molar-refractivity contribution is -0.384. The van der Waals surface area contributed by atoms with Gasteiger partial charge >= 0.3 is 0 Å². The molecule has 2 rings (SSSR count). The number of hydrogen-bond acceptors (Lipinski definition) is 3. The molecular formula is C8H6ClN3O2. The van der Waals surface area contributed by atoms with Crippen LogP contribution < -0.4 is 0 Å². The number of hydrogen-bond donors (Lipinski definition) is 0. The largest absolute Gasteiger partial charge is 0.271 e. The summed E-state index contributed by atoms with van der Waals surface area (Å²) in [5, 5.41) is 15.3. The normalized spacial score (nSPS) is 10.6. The summed E-state index contributed by atoms with van der Waals surface area (Å²) in [6.45, 7) is 0. The Balaban J connectivity index is 2.67. The molecule has 0 bridgehead atoms. The Kier molecular flexibility index (Phi) is 2.09. The fraction of sp³-hybridized carbons (Fsp3) is 0.125. The Morgan fingerprint density at radius 2 is 2.36 bits per heavy atom. The number of nitrogens with zero attached hydrogens (tertiary/aromatic N) is 3. The maximum absolute atomic E-state index is 10.5. The molecule has 0 aliphatic carbocycles. The van der Waals surface area contributed by atoms with Gasteiger partial charge in [0.25, 0.3) is 5.69 Å². The number of benzene rings is 1. The van der Waals surface area contributed by atoms with Gasteiger partial charge in [-0.05, 0) is 6.07 Å². The van der Waals surface area contributed by atoms with E-state index in [1.807, 2.05) is 0 Å². The van der Waals surface area contributed by atoms with Crippen molar-refractivity contribution < 1.29 is 4.92 Å². The van der Waals surface area contributed by atoms with Crippen LogP contribution >= 0.6 is 11.6 Å². The molecule has 1 heterocycles. The predicted octanol–water partition coefficient (Wildman–Crippen LogP) is 2.14. The maximum atomic E-state index is 10.5. The van der Waals surface area contributed by atoms with E-state index in [-0.39, 0.29) is 11.7 Å². The monoisotopic (exact) mass is 211 g/mol. The van der Waals surface area contributed by atoms with E-state index in [9.17, 15) is 10.1 Å². The average Bonchev–Trinajstić information content (AvgIpc) is 2.59. The van der Waals surface area contributed by atoms with Crippen LogP contribution in [0.5, 0.6) is 0 Å². The summed E-state index contributed by atoms with van der Waals surface area (Å²) in [7, 11) is 0. The van der Waals surface area contributed by atoms with Crippen LogP contribution in [0.15, 0.2) is 24.4 Å². The summed E-state index contributed by atoms with van der Waals surface area (Å²) in [6.07, 6.45) is 1.63. The molecule has 0 saturated heterocycles. The van der Waals surface area contributed by atoms with Crippen LogP contribution in [0.3, 0.4) is 0 Å². The highest BCUT2D eigenvalue weighted by atomic mass is 35.5. The zero-order valence-corrected chi connectivity index (χ0v) is 7.81. The SMILES string of the molecule is O=[N+]([O-])c1ccc2cnn(CCl)c2c1. The highest BCUT2D eigenvalue weighted by Crippen LogP contribution is 2.20. The fourth-order valence-electron chi connectivity index (χ4n) is 1.27. The zero-order valence-electron chi connectivity index (χ0n) is 7.05. The molecule has 2 aromatic rings. The maximum Gasteiger partial charge on any atom is 0.271 e. The Bertz CT molecular complexity index is 494. The standard InChI is InChI=1S/C8H6ClN3O2/c9-5-11-8-3-7(12(13)14)2-1-6(8)4-10-11/h1-4H,5H2. The Labute approximate surface area is 84.0 Å². The third-order valence-corrected chi connectivity index (χ3v) is 2.18. The van der Waals surface area contributed by atoms with Gasteiger partial charge in [-0.15, -0.1) is 11.6 Å². The van der Waals surface area contributed by atoms with Crippen molar-refractivity contribution in [2.75, 3.05) is 0 Å². The third kappa shape index (κ3) is 1.31. The van der Waals surface area contributed by atoms with Crippen molar-refractivity contribution in [3.8, 4) is 0 Å². The molecule has 0 aliphatic heterocycles. The number of non-ortho nitro benzene ring substituents is 1. The molecule has 5 nitrogen and oxygen atoms in total. The second-order valence-electron chi connectivity index (χ2n) is 2.76. The van der Waals surface area contributed by atoms with Crippen molar-refractivity contribution in [3.63, 3.8) is 0 Å². The topological polar surface area (TPSA) is 61.0 Å². The van der Waals surface area contributed by atoms with Gasteiger partial charge in [-0.1, -0.05) is 0 Å². The van der Waals surface area contributed by atoms with Crippen LogP contribution in [0.1, 0.15) is 0 Å². The zero-order chi connectivity index (χ0) is 10.1. The molecule has 0 aliphatic rings.